The van der Waals surface area contributed by atoms with Gasteiger partial charge in [0.2, 0.25) is 5.91 Å². The highest BCUT2D eigenvalue weighted by atomic mass is 32.2. The fraction of sp³-hybridized carbons (Fsp3) is 0.562. The Bertz CT molecular complexity index is 1220. The number of nitrogens with zero attached hydrogens (tertiary/aromatic N) is 1. The molecule has 2 atom stereocenters. The molecular weight excluding hydrogens is 601 g/mol. The molecule has 0 unspecified atom stereocenters. The van der Waals surface area contributed by atoms with Crippen LogP contribution in [0.1, 0.15) is 95.7 Å². The topological polar surface area (TPSA) is 144 Å². The third-order valence-corrected chi connectivity index (χ3v) is 8.57. The van der Waals surface area contributed by atoms with Crippen LogP contribution in [0, 0.1) is 5.92 Å². The summed E-state index contributed by atoms with van der Waals surface area (Å²) < 4.78 is 5.72. The van der Waals surface area contributed by atoms with Gasteiger partial charge in [0, 0.05) is 17.1 Å². The first kappa shape index (κ1) is 37.1. The van der Waals surface area contributed by atoms with Gasteiger partial charge in [0.05, 0.1) is 18.7 Å². The fourth-order valence-corrected chi connectivity index (χ4v) is 5.77. The van der Waals surface area contributed by atoms with E-state index in [2.05, 4.69) is 27.9 Å². The van der Waals surface area contributed by atoms with Crippen LogP contribution < -0.4 is 16.0 Å². The van der Waals surface area contributed by atoms with Crippen LogP contribution in [0.2, 0.25) is 0 Å². The number of amides is 3. The molecule has 0 spiro atoms. The average Bonchev–Trinajstić information content (AvgIpc) is 2.99. The van der Waals surface area contributed by atoms with E-state index in [1.54, 1.807) is 45.1 Å². The normalized spacial score (nSPS) is 19.5. The smallest absolute Gasteiger partial charge is 0.329 e. The van der Waals surface area contributed by atoms with Crippen molar-refractivity contribution in [3.63, 3.8) is 0 Å². The maximum atomic E-state index is 13.3. The first-order valence-corrected chi connectivity index (χ1v) is 17.3. The predicted octanol–water partition coefficient (Wildman–Crippen LogP) is 5.08. The number of allylic oxidation sites excluding steroid dienone is 2. The molecule has 10 nitrogen and oxygen atoms in total. The van der Waals surface area contributed by atoms with Gasteiger partial charge in [-0.05, 0) is 49.6 Å². The van der Waals surface area contributed by atoms with Gasteiger partial charge in [-0.25, -0.2) is 9.78 Å². The monoisotopic (exact) mass is 646 g/mol. The van der Waals surface area contributed by atoms with Crippen LogP contribution in [0.25, 0.3) is 0 Å². The molecule has 3 N–H and O–H groups in total. The summed E-state index contributed by atoms with van der Waals surface area (Å²) >= 11 is 2.72. The molecule has 1 aliphatic rings. The molecule has 1 aromatic rings. The average molecular weight is 647 g/mol. The Kier molecular flexibility index (Phi) is 16.9. The van der Waals surface area contributed by atoms with E-state index < -0.39 is 29.9 Å². The first-order valence-electron chi connectivity index (χ1n) is 15.3. The summed E-state index contributed by atoms with van der Waals surface area (Å²) in [5.41, 5.74) is 0.575. The van der Waals surface area contributed by atoms with Gasteiger partial charge in [0.1, 0.15) is 23.5 Å². The quantitative estimate of drug-likeness (QED) is 0.0932. The molecule has 0 aromatic carbocycles. The highest BCUT2D eigenvalue weighted by molar-refractivity contribution is 8.13. The van der Waals surface area contributed by atoms with Gasteiger partial charge in [0.15, 0.2) is 5.12 Å². The minimum Gasteiger partial charge on any atom is -0.456 e. The lowest BCUT2D eigenvalue weighted by atomic mass is 10.0. The molecule has 2 heterocycles. The maximum absolute atomic E-state index is 13.3. The van der Waals surface area contributed by atoms with Crippen LogP contribution in [0.3, 0.4) is 0 Å². The Morgan fingerprint density at radius 1 is 1.11 bits per heavy atom. The molecule has 242 valence electrons. The minimum atomic E-state index is -1.03. The fourth-order valence-electron chi connectivity index (χ4n) is 4.25. The van der Waals surface area contributed by atoms with Gasteiger partial charge in [0.25, 0.3) is 11.8 Å². The first-order chi connectivity index (χ1) is 21.1. The molecule has 2 rings (SSSR count). The molecule has 12 heteroatoms. The van der Waals surface area contributed by atoms with E-state index in [0.29, 0.717) is 34.9 Å². The van der Waals surface area contributed by atoms with Crippen molar-refractivity contribution in [1.82, 2.24) is 20.9 Å². The van der Waals surface area contributed by atoms with Crippen molar-refractivity contribution in [2.45, 2.75) is 103 Å². The number of pyridine rings is 1. The van der Waals surface area contributed by atoms with Crippen molar-refractivity contribution in [1.29, 1.82) is 0 Å². The number of unbranched alkanes of at least 4 members (excludes halogenated alkanes) is 3. The zero-order valence-corrected chi connectivity index (χ0v) is 28.0. The van der Waals surface area contributed by atoms with Gasteiger partial charge in [-0.15, -0.1) is 11.8 Å². The standard InChI is InChI=1S/C32H46N4O6S2/c1-6-9-10-11-15-27(38)44-18-13-12-14-23-19-26(37)33-20-22-16-17-25(43-8-3)29(34-22)31(40)35-24(7-2)30(39)36-28(21(4)5)32(41)42-23/h7,12,14,16-17,21,23,28H,6,8-11,13,15,18-20H2,1-5H3,(H,33,37)(H,35,40)(H,36,39)/b14-12+,24-7-/t23-,28+/m1/s1. The molecule has 3 amide bonds. The van der Waals surface area contributed by atoms with E-state index in [4.69, 9.17) is 4.74 Å². The van der Waals surface area contributed by atoms with Crippen molar-refractivity contribution < 1.29 is 28.7 Å². The summed E-state index contributed by atoms with van der Waals surface area (Å²) in [6.45, 7) is 9.27. The number of cyclic esters (lactones) is 1. The summed E-state index contributed by atoms with van der Waals surface area (Å²) in [5.74, 6) is -1.36. The van der Waals surface area contributed by atoms with Crippen LogP contribution in [-0.4, -0.2) is 57.4 Å². The van der Waals surface area contributed by atoms with Crippen molar-refractivity contribution in [2.75, 3.05) is 11.5 Å². The molecule has 44 heavy (non-hydrogen) atoms. The second kappa shape index (κ2) is 20.0. The van der Waals surface area contributed by atoms with Crippen LogP contribution in [0.5, 0.6) is 0 Å². The molecular formula is C32H46N4O6S2. The van der Waals surface area contributed by atoms with Crippen molar-refractivity contribution in [3.8, 4) is 0 Å². The third kappa shape index (κ3) is 12.9. The molecule has 2 bridgehead atoms. The highest BCUT2D eigenvalue weighted by Crippen LogP contribution is 2.22. The summed E-state index contributed by atoms with van der Waals surface area (Å²) in [7, 11) is 0. The Hall–Kier alpha value is -3.12. The lowest BCUT2D eigenvalue weighted by Gasteiger charge is -2.24. The summed E-state index contributed by atoms with van der Waals surface area (Å²) in [6.07, 6.45) is 9.19. The number of rotatable bonds is 12. The number of ether oxygens (including phenoxy) is 1. The minimum absolute atomic E-state index is 0.0256. The third-order valence-electron chi connectivity index (χ3n) is 6.67. The summed E-state index contributed by atoms with van der Waals surface area (Å²) in [5, 5.41) is 8.25. The molecule has 0 fully saturated rings. The highest BCUT2D eigenvalue weighted by Gasteiger charge is 2.30. The Labute approximate surface area is 269 Å². The lowest BCUT2D eigenvalue weighted by molar-refractivity contribution is -0.153. The molecule has 1 aliphatic heterocycles. The second-order valence-electron chi connectivity index (χ2n) is 10.6. The van der Waals surface area contributed by atoms with Crippen LogP contribution in [-0.2, 0) is 30.5 Å². The van der Waals surface area contributed by atoms with Crippen molar-refractivity contribution >= 4 is 52.3 Å². The summed E-state index contributed by atoms with van der Waals surface area (Å²) in [4.78, 5) is 69.8. The Morgan fingerprint density at radius 2 is 1.89 bits per heavy atom. The molecule has 1 aromatic heterocycles. The number of esters is 1. The number of fused-ring (bicyclic) bond motifs is 2. The van der Waals surface area contributed by atoms with E-state index in [1.807, 2.05) is 6.92 Å². The molecule has 0 aliphatic carbocycles. The van der Waals surface area contributed by atoms with E-state index in [-0.39, 0.29) is 41.3 Å². The van der Waals surface area contributed by atoms with Gasteiger partial charge >= 0.3 is 5.97 Å². The van der Waals surface area contributed by atoms with Gasteiger partial charge in [-0.3, -0.25) is 19.2 Å². The molecule has 0 radical (unpaired) electrons. The zero-order chi connectivity index (χ0) is 32.5. The predicted molar refractivity (Wildman–Crippen MR) is 175 cm³/mol. The number of nitrogens with one attached hydrogen (secondary N) is 3. The van der Waals surface area contributed by atoms with Gasteiger partial charge in [-0.2, -0.15) is 0 Å². The number of aromatic nitrogens is 1. The second-order valence-corrected chi connectivity index (χ2v) is 13.1. The van der Waals surface area contributed by atoms with E-state index in [9.17, 15) is 24.0 Å². The van der Waals surface area contributed by atoms with Gasteiger partial charge < -0.3 is 20.7 Å². The molecule has 0 saturated heterocycles. The Balaban J connectivity index is 2.25. The van der Waals surface area contributed by atoms with Crippen LogP contribution >= 0.6 is 23.5 Å². The SMILES string of the molecule is C/C=C1\NC(=O)c2nc(ccc2SCC)CNC(=O)C[C@@H](/C=C/CCSC(=O)CCCCCC)OC(=O)[C@H](C(C)C)NC1=O. The van der Waals surface area contributed by atoms with Crippen LogP contribution in [0.4, 0.5) is 0 Å². The van der Waals surface area contributed by atoms with E-state index in [1.165, 1.54) is 29.6 Å². The Morgan fingerprint density at radius 3 is 2.57 bits per heavy atom. The summed E-state index contributed by atoms with van der Waals surface area (Å²) in [6, 6.07) is 2.47. The number of carbonyl (C=O) groups is 5. The van der Waals surface area contributed by atoms with Crippen LogP contribution in [0.15, 0.2) is 41.0 Å². The number of hydrogen-bond donors (Lipinski definition) is 3. The van der Waals surface area contributed by atoms with Crippen molar-refractivity contribution in [2.24, 2.45) is 5.92 Å². The van der Waals surface area contributed by atoms with E-state index >= 15 is 0 Å². The molecule has 0 saturated carbocycles. The largest absolute Gasteiger partial charge is 0.456 e. The number of thioether (sulfide) groups is 2. The number of hydrogen-bond acceptors (Lipinski definition) is 9. The van der Waals surface area contributed by atoms with E-state index in [0.717, 1.165) is 25.7 Å². The number of carbonyl (C=O) groups excluding carboxylic acids is 5. The van der Waals surface area contributed by atoms with Crippen molar-refractivity contribution in [3.05, 3.63) is 47.4 Å². The van der Waals surface area contributed by atoms with Gasteiger partial charge in [-0.1, -0.05) is 70.9 Å². The zero-order valence-electron chi connectivity index (χ0n) is 26.4. The maximum Gasteiger partial charge on any atom is 0.329 e. The lowest BCUT2D eigenvalue weighted by Crippen LogP contribution is -2.48.